The largest absolute Gasteiger partial charge is 0.476 e. The van der Waals surface area contributed by atoms with Gasteiger partial charge in [0.05, 0.1) is 0 Å². The smallest absolute Gasteiger partial charge is 0.367 e. The normalized spacial score (nSPS) is 10.9. The second-order valence-corrected chi connectivity index (χ2v) is 4.76. The zero-order valence-corrected chi connectivity index (χ0v) is 10.2. The molecule has 90 valence electrons. The Labute approximate surface area is 106 Å². The van der Waals surface area contributed by atoms with Crippen molar-refractivity contribution in [1.82, 2.24) is 19.8 Å². The van der Waals surface area contributed by atoms with E-state index in [0.29, 0.717) is 10.8 Å². The predicted octanol–water partition coefficient (Wildman–Crippen LogP) is 1.86. The summed E-state index contributed by atoms with van der Waals surface area (Å²) in [5.41, 5.74) is 1.96. The van der Waals surface area contributed by atoms with E-state index >= 15 is 0 Å². The Morgan fingerprint density at radius 3 is 2.94 bits per heavy atom. The van der Waals surface area contributed by atoms with Crippen LogP contribution in [0.25, 0.3) is 16.3 Å². The van der Waals surface area contributed by atoms with Gasteiger partial charge in [-0.2, -0.15) is 4.52 Å². The topological polar surface area (TPSA) is 80.4 Å². The molecule has 0 aliphatic heterocycles. The number of benzene rings is 1. The van der Waals surface area contributed by atoms with E-state index < -0.39 is 5.97 Å². The second kappa shape index (κ2) is 3.88. The molecule has 1 N–H and O–H groups in total. The Hall–Kier alpha value is -2.28. The summed E-state index contributed by atoms with van der Waals surface area (Å²) in [5.74, 6) is -0.502. The molecule has 1 aromatic carbocycles. The third-order valence-corrected chi connectivity index (χ3v) is 3.34. The Morgan fingerprint density at radius 2 is 2.22 bits per heavy atom. The van der Waals surface area contributed by atoms with Gasteiger partial charge in [0.25, 0.3) is 0 Å². The highest BCUT2D eigenvalue weighted by atomic mass is 32.1. The Kier molecular flexibility index (Phi) is 2.34. The number of carboxylic acid groups (broad SMARTS) is 1. The molecular weight excluding hydrogens is 252 g/mol. The van der Waals surface area contributed by atoms with Crippen LogP contribution in [0.5, 0.6) is 0 Å². The van der Waals surface area contributed by atoms with E-state index in [0.717, 1.165) is 22.5 Å². The van der Waals surface area contributed by atoms with Crippen LogP contribution >= 0.6 is 11.3 Å². The van der Waals surface area contributed by atoms with Gasteiger partial charge in [0.15, 0.2) is 5.82 Å². The monoisotopic (exact) mass is 260 g/mol. The number of carbonyl (C=O) groups is 1. The van der Waals surface area contributed by atoms with Crippen LogP contribution in [0, 0.1) is 6.92 Å². The highest BCUT2D eigenvalue weighted by Gasteiger charge is 2.16. The molecule has 2 aromatic heterocycles. The number of carboxylic acids is 1. The standard InChI is InChI=1S/C11H8N4O2S/c1-6-3-2-4-7(5-6)8-12-13-11-15(8)14-9(18-11)10(16)17/h2-5H,1H3,(H,16,17). The lowest BCUT2D eigenvalue weighted by atomic mass is 10.1. The molecule has 6 nitrogen and oxygen atoms in total. The van der Waals surface area contributed by atoms with E-state index in [2.05, 4.69) is 15.3 Å². The highest BCUT2D eigenvalue weighted by Crippen LogP contribution is 2.22. The molecule has 0 amide bonds. The van der Waals surface area contributed by atoms with Crippen molar-refractivity contribution in [2.24, 2.45) is 0 Å². The minimum Gasteiger partial charge on any atom is -0.476 e. The molecule has 0 saturated heterocycles. The molecule has 7 heteroatoms. The molecule has 0 atom stereocenters. The van der Waals surface area contributed by atoms with Gasteiger partial charge >= 0.3 is 5.97 Å². The summed E-state index contributed by atoms with van der Waals surface area (Å²) < 4.78 is 1.46. The Morgan fingerprint density at radius 1 is 1.39 bits per heavy atom. The Bertz CT molecular complexity index is 746. The summed E-state index contributed by atoms with van der Waals surface area (Å²) in [5, 5.41) is 20.9. The first kappa shape index (κ1) is 10.8. The third kappa shape index (κ3) is 1.65. The maximum Gasteiger partial charge on any atom is 0.367 e. The van der Waals surface area contributed by atoms with Gasteiger partial charge in [-0.1, -0.05) is 35.1 Å². The fourth-order valence-electron chi connectivity index (χ4n) is 1.67. The van der Waals surface area contributed by atoms with Crippen LogP contribution in [0.1, 0.15) is 15.4 Å². The maximum absolute atomic E-state index is 10.9. The molecule has 18 heavy (non-hydrogen) atoms. The predicted molar refractivity (Wildman–Crippen MR) is 65.8 cm³/mol. The molecule has 0 unspecified atom stereocenters. The molecular formula is C11H8N4O2S. The summed E-state index contributed by atoms with van der Waals surface area (Å²) in [6, 6.07) is 7.74. The van der Waals surface area contributed by atoms with Crippen molar-refractivity contribution in [3.05, 3.63) is 34.8 Å². The number of aromatic nitrogens is 4. The fourth-order valence-corrected chi connectivity index (χ4v) is 2.35. The van der Waals surface area contributed by atoms with Gasteiger partial charge < -0.3 is 5.11 Å². The number of aromatic carboxylic acids is 1. The quantitative estimate of drug-likeness (QED) is 0.760. The van der Waals surface area contributed by atoms with Crippen molar-refractivity contribution in [3.63, 3.8) is 0 Å². The Balaban J connectivity index is 2.20. The lowest BCUT2D eigenvalue weighted by Crippen LogP contribution is -1.98. The zero-order valence-electron chi connectivity index (χ0n) is 9.36. The average Bonchev–Trinajstić information content (AvgIpc) is 2.87. The minimum absolute atomic E-state index is 0.00815. The van der Waals surface area contributed by atoms with E-state index in [9.17, 15) is 4.79 Å². The lowest BCUT2D eigenvalue weighted by molar-refractivity contribution is 0.0695. The number of nitrogens with zero attached hydrogens (tertiary/aromatic N) is 4. The van der Waals surface area contributed by atoms with Crippen molar-refractivity contribution in [2.75, 3.05) is 0 Å². The molecule has 0 saturated carbocycles. The van der Waals surface area contributed by atoms with Gasteiger partial charge in [-0.05, 0) is 13.0 Å². The van der Waals surface area contributed by atoms with Gasteiger partial charge in [0, 0.05) is 5.56 Å². The van der Waals surface area contributed by atoms with Crippen molar-refractivity contribution < 1.29 is 9.90 Å². The van der Waals surface area contributed by atoms with Crippen LogP contribution in [0.2, 0.25) is 0 Å². The summed E-state index contributed by atoms with van der Waals surface area (Å²) >= 11 is 1.00. The first-order valence-corrected chi connectivity index (χ1v) is 5.99. The van der Waals surface area contributed by atoms with Gasteiger partial charge in [-0.25, -0.2) is 4.79 Å². The molecule has 0 bridgehead atoms. The van der Waals surface area contributed by atoms with Crippen LogP contribution in [0.3, 0.4) is 0 Å². The van der Waals surface area contributed by atoms with E-state index in [-0.39, 0.29) is 5.01 Å². The van der Waals surface area contributed by atoms with Crippen LogP contribution in [0.4, 0.5) is 0 Å². The van der Waals surface area contributed by atoms with E-state index in [1.54, 1.807) is 0 Å². The number of fused-ring (bicyclic) bond motifs is 1. The number of rotatable bonds is 2. The van der Waals surface area contributed by atoms with E-state index in [1.807, 2.05) is 31.2 Å². The summed E-state index contributed by atoms with van der Waals surface area (Å²) in [7, 11) is 0. The fraction of sp³-hybridized carbons (Fsp3) is 0.0909. The van der Waals surface area contributed by atoms with Gasteiger partial charge in [-0.3, -0.25) is 0 Å². The third-order valence-electron chi connectivity index (χ3n) is 2.45. The van der Waals surface area contributed by atoms with Crippen molar-refractivity contribution in [2.45, 2.75) is 6.92 Å². The van der Waals surface area contributed by atoms with Crippen LogP contribution in [0.15, 0.2) is 24.3 Å². The van der Waals surface area contributed by atoms with Crippen LogP contribution in [-0.4, -0.2) is 30.9 Å². The van der Waals surface area contributed by atoms with Gasteiger partial charge in [0.2, 0.25) is 9.97 Å². The first-order valence-electron chi connectivity index (χ1n) is 5.18. The minimum atomic E-state index is -1.05. The number of hydrogen-bond acceptors (Lipinski definition) is 5. The average molecular weight is 260 g/mol. The van der Waals surface area contributed by atoms with E-state index in [4.69, 9.17) is 5.11 Å². The van der Waals surface area contributed by atoms with Crippen LogP contribution in [-0.2, 0) is 0 Å². The summed E-state index contributed by atoms with van der Waals surface area (Å²) in [6.07, 6.45) is 0. The van der Waals surface area contributed by atoms with Gasteiger partial charge in [-0.15, -0.1) is 15.3 Å². The van der Waals surface area contributed by atoms with Crippen molar-refractivity contribution in [1.29, 1.82) is 0 Å². The molecule has 0 spiro atoms. The number of hydrogen-bond donors (Lipinski definition) is 1. The van der Waals surface area contributed by atoms with Crippen molar-refractivity contribution in [3.8, 4) is 11.4 Å². The number of aryl methyl sites for hydroxylation is 1. The first-order chi connectivity index (χ1) is 8.65. The molecule has 3 aromatic rings. The molecule has 0 aliphatic carbocycles. The second-order valence-electron chi connectivity index (χ2n) is 3.80. The lowest BCUT2D eigenvalue weighted by Gasteiger charge is -1.97. The summed E-state index contributed by atoms with van der Waals surface area (Å²) in [6.45, 7) is 1.98. The SMILES string of the molecule is Cc1cccc(-c2nnc3sc(C(=O)O)nn23)c1. The van der Waals surface area contributed by atoms with Crippen LogP contribution < -0.4 is 0 Å². The molecule has 2 heterocycles. The summed E-state index contributed by atoms with van der Waals surface area (Å²) in [4.78, 5) is 11.3. The zero-order chi connectivity index (χ0) is 12.7. The molecule has 0 radical (unpaired) electrons. The highest BCUT2D eigenvalue weighted by molar-refractivity contribution is 7.18. The van der Waals surface area contributed by atoms with Gasteiger partial charge in [0.1, 0.15) is 0 Å². The molecule has 0 fully saturated rings. The molecule has 0 aliphatic rings. The van der Waals surface area contributed by atoms with Crippen molar-refractivity contribution >= 4 is 22.3 Å². The van der Waals surface area contributed by atoms with E-state index in [1.165, 1.54) is 4.52 Å². The maximum atomic E-state index is 10.9. The molecule has 3 rings (SSSR count).